The largest absolute Gasteiger partial charge is 0.377 e. The summed E-state index contributed by atoms with van der Waals surface area (Å²) >= 11 is 7.65. The quantitative estimate of drug-likeness (QED) is 0.937. The van der Waals surface area contributed by atoms with E-state index in [9.17, 15) is 4.79 Å². The zero-order valence-corrected chi connectivity index (χ0v) is 13.1. The minimum Gasteiger partial charge on any atom is -0.377 e. The van der Waals surface area contributed by atoms with E-state index in [2.05, 4.69) is 10.3 Å². The molecule has 1 heterocycles. The molecular formula is C14H16ClN3OS. The van der Waals surface area contributed by atoms with Crippen molar-refractivity contribution in [2.75, 3.05) is 19.4 Å². The van der Waals surface area contributed by atoms with Crippen molar-refractivity contribution < 1.29 is 4.79 Å². The van der Waals surface area contributed by atoms with Crippen LogP contribution in [0.4, 0.5) is 5.69 Å². The molecule has 0 saturated heterocycles. The Morgan fingerprint density at radius 2 is 2.20 bits per heavy atom. The van der Waals surface area contributed by atoms with Gasteiger partial charge in [0.1, 0.15) is 0 Å². The van der Waals surface area contributed by atoms with Crippen molar-refractivity contribution in [1.82, 2.24) is 9.88 Å². The number of aromatic nitrogens is 1. The van der Waals surface area contributed by atoms with Crippen LogP contribution in [-0.2, 0) is 0 Å². The third-order valence-electron chi connectivity index (χ3n) is 2.88. The molecule has 1 N–H and O–H groups in total. The van der Waals surface area contributed by atoms with Gasteiger partial charge in [0.15, 0.2) is 0 Å². The first-order chi connectivity index (χ1) is 9.49. The first-order valence-corrected chi connectivity index (χ1v) is 7.47. The molecule has 0 aliphatic carbocycles. The summed E-state index contributed by atoms with van der Waals surface area (Å²) in [5.41, 5.74) is 4.12. The second kappa shape index (κ2) is 6.24. The molecule has 1 aromatic carbocycles. The van der Waals surface area contributed by atoms with Gasteiger partial charge >= 0.3 is 0 Å². The van der Waals surface area contributed by atoms with Gasteiger partial charge in [-0.15, -0.1) is 11.3 Å². The van der Waals surface area contributed by atoms with Crippen LogP contribution in [0.25, 0.3) is 0 Å². The Morgan fingerprint density at radius 1 is 1.45 bits per heavy atom. The highest BCUT2D eigenvalue weighted by Gasteiger charge is 2.14. The Labute approximate surface area is 127 Å². The number of hydrogen-bond donors (Lipinski definition) is 1. The minimum absolute atomic E-state index is 0.0738. The molecule has 20 heavy (non-hydrogen) atoms. The second-order valence-electron chi connectivity index (χ2n) is 4.67. The summed E-state index contributed by atoms with van der Waals surface area (Å²) in [4.78, 5) is 17.8. The first kappa shape index (κ1) is 14.8. The third-order valence-corrected chi connectivity index (χ3v) is 3.82. The SMILES string of the molecule is CC(Nc1ccc(Cl)c(C(=O)N(C)C)c1)c1cscn1. The number of anilines is 1. The van der Waals surface area contributed by atoms with Crippen LogP contribution in [0, 0.1) is 0 Å². The lowest BCUT2D eigenvalue weighted by atomic mass is 10.1. The van der Waals surface area contributed by atoms with Gasteiger partial charge in [0.05, 0.1) is 27.8 Å². The van der Waals surface area contributed by atoms with E-state index in [1.807, 2.05) is 18.4 Å². The van der Waals surface area contributed by atoms with Gasteiger partial charge in [-0.25, -0.2) is 4.98 Å². The Morgan fingerprint density at radius 3 is 2.80 bits per heavy atom. The van der Waals surface area contributed by atoms with E-state index < -0.39 is 0 Å². The molecule has 6 heteroatoms. The van der Waals surface area contributed by atoms with Gasteiger partial charge in [0.2, 0.25) is 0 Å². The number of halogens is 1. The molecule has 0 spiro atoms. The molecule has 0 aliphatic heterocycles. The van der Waals surface area contributed by atoms with Crippen molar-refractivity contribution in [2.45, 2.75) is 13.0 Å². The molecule has 4 nitrogen and oxygen atoms in total. The van der Waals surface area contributed by atoms with E-state index in [0.717, 1.165) is 11.4 Å². The third kappa shape index (κ3) is 3.29. The highest BCUT2D eigenvalue weighted by atomic mass is 35.5. The standard InChI is InChI=1S/C14H16ClN3OS/c1-9(13-7-20-8-16-13)17-10-4-5-12(15)11(6-10)14(19)18(2)3/h4-9,17H,1-3H3. The number of benzene rings is 1. The van der Waals surface area contributed by atoms with E-state index in [-0.39, 0.29) is 11.9 Å². The number of carbonyl (C=O) groups excluding carboxylic acids is 1. The predicted molar refractivity (Wildman–Crippen MR) is 83.6 cm³/mol. The van der Waals surface area contributed by atoms with Crippen LogP contribution in [0.5, 0.6) is 0 Å². The highest BCUT2D eigenvalue weighted by molar-refractivity contribution is 7.07. The lowest BCUT2D eigenvalue weighted by Gasteiger charge is -2.16. The lowest BCUT2D eigenvalue weighted by Crippen LogP contribution is -2.22. The molecule has 1 atom stereocenters. The number of hydrogen-bond acceptors (Lipinski definition) is 4. The van der Waals surface area contributed by atoms with E-state index in [1.54, 1.807) is 43.1 Å². The monoisotopic (exact) mass is 309 g/mol. The van der Waals surface area contributed by atoms with Crippen molar-refractivity contribution in [3.63, 3.8) is 0 Å². The van der Waals surface area contributed by atoms with Gasteiger partial charge in [0, 0.05) is 25.2 Å². The van der Waals surface area contributed by atoms with Crippen LogP contribution in [-0.4, -0.2) is 29.9 Å². The minimum atomic E-state index is -0.111. The zero-order valence-electron chi connectivity index (χ0n) is 11.6. The van der Waals surface area contributed by atoms with Crippen molar-refractivity contribution in [2.24, 2.45) is 0 Å². The van der Waals surface area contributed by atoms with Crippen LogP contribution in [0.2, 0.25) is 5.02 Å². The molecule has 2 aromatic rings. The Bertz CT molecular complexity index is 598. The molecular weight excluding hydrogens is 294 g/mol. The van der Waals surface area contributed by atoms with Crippen molar-refractivity contribution in [3.8, 4) is 0 Å². The van der Waals surface area contributed by atoms with E-state index >= 15 is 0 Å². The summed E-state index contributed by atoms with van der Waals surface area (Å²) in [5, 5.41) is 5.77. The summed E-state index contributed by atoms with van der Waals surface area (Å²) in [6.07, 6.45) is 0. The lowest BCUT2D eigenvalue weighted by molar-refractivity contribution is 0.0828. The molecule has 0 bridgehead atoms. The number of thiazole rings is 1. The number of carbonyl (C=O) groups is 1. The molecule has 2 rings (SSSR count). The van der Waals surface area contributed by atoms with E-state index in [4.69, 9.17) is 11.6 Å². The topological polar surface area (TPSA) is 45.2 Å². The fraction of sp³-hybridized carbons (Fsp3) is 0.286. The molecule has 0 radical (unpaired) electrons. The van der Waals surface area contributed by atoms with Gasteiger partial charge in [-0.1, -0.05) is 11.6 Å². The molecule has 106 valence electrons. The normalized spacial score (nSPS) is 12.0. The number of rotatable bonds is 4. The maximum atomic E-state index is 12.0. The van der Waals surface area contributed by atoms with Crippen LogP contribution in [0.3, 0.4) is 0 Å². The summed E-state index contributed by atoms with van der Waals surface area (Å²) < 4.78 is 0. The van der Waals surface area contributed by atoms with Crippen LogP contribution >= 0.6 is 22.9 Å². The zero-order chi connectivity index (χ0) is 14.7. The van der Waals surface area contributed by atoms with Gasteiger partial charge in [-0.05, 0) is 25.1 Å². The fourth-order valence-corrected chi connectivity index (χ4v) is 2.63. The highest BCUT2D eigenvalue weighted by Crippen LogP contribution is 2.25. The fourth-order valence-electron chi connectivity index (χ4n) is 1.78. The maximum absolute atomic E-state index is 12.0. The van der Waals surface area contributed by atoms with Crippen LogP contribution in [0.15, 0.2) is 29.1 Å². The smallest absolute Gasteiger partial charge is 0.254 e. The molecule has 1 amide bonds. The number of amides is 1. The van der Waals surface area contributed by atoms with Crippen LogP contribution < -0.4 is 5.32 Å². The van der Waals surface area contributed by atoms with Gasteiger partial charge < -0.3 is 10.2 Å². The van der Waals surface area contributed by atoms with Crippen molar-refractivity contribution in [3.05, 3.63) is 45.4 Å². The molecule has 0 fully saturated rings. The Balaban J connectivity index is 2.21. The average molecular weight is 310 g/mol. The molecule has 1 unspecified atom stereocenters. The molecule has 0 saturated carbocycles. The van der Waals surface area contributed by atoms with Gasteiger partial charge in [-0.2, -0.15) is 0 Å². The summed E-state index contributed by atoms with van der Waals surface area (Å²) in [6.45, 7) is 2.02. The number of nitrogens with zero attached hydrogens (tertiary/aromatic N) is 2. The predicted octanol–water partition coefficient (Wildman–Crippen LogP) is 3.67. The Kier molecular flexibility index (Phi) is 4.62. The second-order valence-corrected chi connectivity index (χ2v) is 5.80. The summed E-state index contributed by atoms with van der Waals surface area (Å²) in [7, 11) is 3.41. The number of nitrogens with one attached hydrogen (secondary N) is 1. The maximum Gasteiger partial charge on any atom is 0.254 e. The van der Waals surface area contributed by atoms with Crippen molar-refractivity contribution in [1.29, 1.82) is 0 Å². The van der Waals surface area contributed by atoms with E-state index in [0.29, 0.717) is 10.6 Å². The first-order valence-electron chi connectivity index (χ1n) is 6.15. The van der Waals surface area contributed by atoms with E-state index in [1.165, 1.54) is 4.90 Å². The molecule has 1 aromatic heterocycles. The van der Waals surface area contributed by atoms with Crippen LogP contribution in [0.1, 0.15) is 29.0 Å². The summed E-state index contributed by atoms with van der Waals surface area (Å²) in [5.74, 6) is -0.111. The van der Waals surface area contributed by atoms with Crippen molar-refractivity contribution >= 4 is 34.5 Å². The molecule has 0 aliphatic rings. The van der Waals surface area contributed by atoms with Gasteiger partial charge in [-0.3, -0.25) is 4.79 Å². The average Bonchev–Trinajstić information content (AvgIpc) is 2.94. The Hall–Kier alpha value is -1.59. The van der Waals surface area contributed by atoms with Gasteiger partial charge in [0.25, 0.3) is 5.91 Å². The summed E-state index contributed by atoms with van der Waals surface area (Å²) in [6, 6.07) is 5.43.